The van der Waals surface area contributed by atoms with Gasteiger partial charge in [0.05, 0.1) is 17.9 Å². The van der Waals surface area contributed by atoms with E-state index < -0.39 is 0 Å². The zero-order valence-electron chi connectivity index (χ0n) is 17.1. The summed E-state index contributed by atoms with van der Waals surface area (Å²) >= 11 is 0. The molecule has 0 aliphatic heterocycles. The molecule has 8 heteroatoms. The van der Waals surface area contributed by atoms with Crippen molar-refractivity contribution in [3.8, 4) is 17.7 Å². The first kappa shape index (κ1) is 21.0. The number of aryl methyl sites for hydroxylation is 1. The molecular weight excluding hydrogens is 411 g/mol. The molecule has 0 saturated carbocycles. The van der Waals surface area contributed by atoms with Crippen LogP contribution in [0.5, 0.6) is 0 Å². The number of nitriles is 1. The lowest BCUT2D eigenvalue weighted by atomic mass is 10.1. The largest absolute Gasteiger partial charge is 0.461 e. The van der Waals surface area contributed by atoms with Crippen molar-refractivity contribution in [1.29, 1.82) is 5.26 Å². The van der Waals surface area contributed by atoms with Gasteiger partial charge in [-0.3, -0.25) is 4.79 Å². The summed E-state index contributed by atoms with van der Waals surface area (Å²) in [4.78, 5) is 18.9. The van der Waals surface area contributed by atoms with Gasteiger partial charge in [0, 0.05) is 25.9 Å². The lowest BCUT2D eigenvalue weighted by Crippen LogP contribution is -2.30. The standard InChI is InChI=1S/C24H19FN4O3/c25-20-4-1-3-19(13-20)16-29(15-18-8-6-17(14-26)7-9-18)23(30)11-10-22-27-24(28-32-22)21-5-2-12-31-21/h1-9,12-13H,10-11,15-16H2. The van der Waals surface area contributed by atoms with E-state index in [1.807, 2.05) is 0 Å². The van der Waals surface area contributed by atoms with E-state index in [9.17, 15) is 9.18 Å². The van der Waals surface area contributed by atoms with Crippen molar-refractivity contribution in [3.63, 3.8) is 0 Å². The molecule has 2 heterocycles. The van der Waals surface area contributed by atoms with Crippen LogP contribution >= 0.6 is 0 Å². The van der Waals surface area contributed by atoms with Crippen LogP contribution in [0.3, 0.4) is 0 Å². The number of carbonyl (C=O) groups excluding carboxylic acids is 1. The van der Waals surface area contributed by atoms with Crippen LogP contribution in [-0.2, 0) is 24.3 Å². The smallest absolute Gasteiger partial charge is 0.238 e. The first-order chi connectivity index (χ1) is 15.6. The number of halogens is 1. The third-order valence-corrected chi connectivity index (χ3v) is 4.83. The Morgan fingerprint density at radius 3 is 2.59 bits per heavy atom. The van der Waals surface area contributed by atoms with Crippen molar-refractivity contribution in [2.24, 2.45) is 0 Å². The molecule has 32 heavy (non-hydrogen) atoms. The summed E-state index contributed by atoms with van der Waals surface area (Å²) in [6.45, 7) is 0.570. The van der Waals surface area contributed by atoms with Gasteiger partial charge in [-0.25, -0.2) is 4.39 Å². The molecule has 0 radical (unpaired) electrons. The average Bonchev–Trinajstić information content (AvgIpc) is 3.49. The Hall–Kier alpha value is -4.25. The van der Waals surface area contributed by atoms with E-state index in [4.69, 9.17) is 14.2 Å². The first-order valence-corrected chi connectivity index (χ1v) is 9.98. The van der Waals surface area contributed by atoms with Crippen molar-refractivity contribution in [3.05, 3.63) is 95.3 Å². The minimum absolute atomic E-state index is 0.142. The number of carbonyl (C=O) groups is 1. The van der Waals surface area contributed by atoms with Gasteiger partial charge in [0.1, 0.15) is 5.82 Å². The molecule has 7 nitrogen and oxygen atoms in total. The van der Waals surface area contributed by atoms with Crippen molar-refractivity contribution in [2.45, 2.75) is 25.9 Å². The molecule has 0 unspecified atom stereocenters. The van der Waals surface area contributed by atoms with Gasteiger partial charge in [-0.15, -0.1) is 0 Å². The Labute approximate surface area is 183 Å². The lowest BCUT2D eigenvalue weighted by Gasteiger charge is -2.23. The number of furan rings is 1. The predicted octanol–water partition coefficient (Wildman–Crippen LogP) is 4.50. The van der Waals surface area contributed by atoms with Crippen molar-refractivity contribution in [1.82, 2.24) is 15.0 Å². The Bertz CT molecular complexity index is 1230. The minimum atomic E-state index is -0.357. The Morgan fingerprint density at radius 2 is 1.88 bits per heavy atom. The molecule has 2 aromatic heterocycles. The molecule has 0 aliphatic rings. The molecule has 4 rings (SSSR count). The van der Waals surface area contributed by atoms with Crippen LogP contribution < -0.4 is 0 Å². The number of hydrogen-bond acceptors (Lipinski definition) is 6. The molecule has 0 fully saturated rings. The van der Waals surface area contributed by atoms with Gasteiger partial charge >= 0.3 is 0 Å². The summed E-state index contributed by atoms with van der Waals surface area (Å²) in [5, 5.41) is 12.9. The Morgan fingerprint density at radius 1 is 1.06 bits per heavy atom. The monoisotopic (exact) mass is 430 g/mol. The highest BCUT2D eigenvalue weighted by atomic mass is 19.1. The second-order valence-electron chi connectivity index (χ2n) is 7.18. The summed E-state index contributed by atoms with van der Waals surface area (Å²) in [6.07, 6.45) is 1.92. The van der Waals surface area contributed by atoms with Crippen LogP contribution in [0, 0.1) is 17.1 Å². The first-order valence-electron chi connectivity index (χ1n) is 9.98. The van der Waals surface area contributed by atoms with Gasteiger partial charge < -0.3 is 13.8 Å². The van der Waals surface area contributed by atoms with E-state index in [2.05, 4.69) is 16.2 Å². The predicted molar refractivity (Wildman–Crippen MR) is 112 cm³/mol. The molecule has 0 saturated heterocycles. The Kier molecular flexibility index (Phi) is 6.37. The summed E-state index contributed by atoms with van der Waals surface area (Å²) in [5.74, 6) is 0.640. The molecule has 0 atom stereocenters. The molecule has 0 spiro atoms. The number of hydrogen-bond donors (Lipinski definition) is 0. The van der Waals surface area contributed by atoms with E-state index in [0.29, 0.717) is 35.1 Å². The van der Waals surface area contributed by atoms with Gasteiger partial charge in [-0.05, 0) is 47.5 Å². The highest BCUT2D eigenvalue weighted by Gasteiger charge is 2.18. The molecule has 2 aromatic carbocycles. The van der Waals surface area contributed by atoms with Crippen LogP contribution in [0.2, 0.25) is 0 Å². The summed E-state index contributed by atoms with van der Waals surface area (Å²) < 4.78 is 24.1. The fraction of sp³-hybridized carbons (Fsp3) is 0.167. The molecule has 1 amide bonds. The second-order valence-corrected chi connectivity index (χ2v) is 7.18. The van der Waals surface area contributed by atoms with Gasteiger partial charge in [-0.2, -0.15) is 10.2 Å². The molecule has 4 aromatic rings. The summed E-state index contributed by atoms with van der Waals surface area (Å²) in [6, 6.07) is 18.7. The van der Waals surface area contributed by atoms with Gasteiger partial charge in [0.15, 0.2) is 5.76 Å². The highest BCUT2D eigenvalue weighted by Crippen LogP contribution is 2.18. The molecule has 0 aliphatic carbocycles. The van der Waals surface area contributed by atoms with Crippen LogP contribution in [0.25, 0.3) is 11.6 Å². The number of rotatable bonds is 8. The topological polar surface area (TPSA) is 96.2 Å². The third kappa shape index (κ3) is 5.26. The quantitative estimate of drug-likeness (QED) is 0.408. The van der Waals surface area contributed by atoms with Gasteiger partial charge in [0.25, 0.3) is 0 Å². The molecule has 0 N–H and O–H groups in total. The van der Waals surface area contributed by atoms with Crippen molar-refractivity contribution in [2.75, 3.05) is 0 Å². The summed E-state index contributed by atoms with van der Waals surface area (Å²) in [5.41, 5.74) is 2.09. The number of benzene rings is 2. The minimum Gasteiger partial charge on any atom is -0.461 e. The van der Waals surface area contributed by atoms with Crippen molar-refractivity contribution >= 4 is 5.91 Å². The number of aromatic nitrogens is 2. The van der Waals surface area contributed by atoms with Gasteiger partial charge in [0.2, 0.25) is 17.6 Å². The van der Waals surface area contributed by atoms with E-state index in [-0.39, 0.29) is 31.1 Å². The SMILES string of the molecule is N#Cc1ccc(CN(Cc2cccc(F)c2)C(=O)CCc2nc(-c3ccco3)no2)cc1. The summed E-state index contributed by atoms with van der Waals surface area (Å²) in [7, 11) is 0. The molecule has 0 bridgehead atoms. The fourth-order valence-electron chi connectivity index (χ4n) is 3.23. The van der Waals surface area contributed by atoms with E-state index in [1.54, 1.807) is 53.4 Å². The zero-order chi connectivity index (χ0) is 22.3. The van der Waals surface area contributed by atoms with E-state index in [0.717, 1.165) is 5.56 Å². The van der Waals surface area contributed by atoms with Gasteiger partial charge in [-0.1, -0.05) is 29.4 Å². The lowest BCUT2D eigenvalue weighted by molar-refractivity contribution is -0.132. The zero-order valence-corrected chi connectivity index (χ0v) is 17.1. The average molecular weight is 430 g/mol. The van der Waals surface area contributed by atoms with Crippen LogP contribution in [0.15, 0.2) is 75.9 Å². The second kappa shape index (κ2) is 9.71. The van der Waals surface area contributed by atoms with Crippen LogP contribution in [-0.4, -0.2) is 20.9 Å². The molecular formula is C24H19FN4O3. The normalized spacial score (nSPS) is 10.6. The van der Waals surface area contributed by atoms with Crippen molar-refractivity contribution < 1.29 is 18.1 Å². The highest BCUT2D eigenvalue weighted by molar-refractivity contribution is 5.76. The third-order valence-electron chi connectivity index (χ3n) is 4.83. The molecule has 160 valence electrons. The number of nitrogens with zero attached hydrogens (tertiary/aromatic N) is 4. The van der Waals surface area contributed by atoms with Crippen LogP contribution in [0.4, 0.5) is 4.39 Å². The number of amides is 1. The maximum atomic E-state index is 13.6. The van der Waals surface area contributed by atoms with Crippen LogP contribution in [0.1, 0.15) is 29.0 Å². The van der Waals surface area contributed by atoms with E-state index >= 15 is 0 Å². The maximum Gasteiger partial charge on any atom is 0.238 e. The van der Waals surface area contributed by atoms with E-state index in [1.165, 1.54) is 18.4 Å². The fourth-order valence-corrected chi connectivity index (χ4v) is 3.23. The Balaban J connectivity index is 1.46. The maximum absolute atomic E-state index is 13.6.